The van der Waals surface area contributed by atoms with Crippen molar-refractivity contribution in [2.75, 3.05) is 11.6 Å². The number of benzene rings is 2. The molecule has 2 heterocycles. The summed E-state index contributed by atoms with van der Waals surface area (Å²) in [4.78, 5) is 18.1. The van der Waals surface area contributed by atoms with Gasteiger partial charge in [-0.3, -0.25) is 9.80 Å². The monoisotopic (exact) mass is 464 g/mol. The molecule has 0 unspecified atom stereocenters. The Hall–Kier alpha value is -2.00. The van der Waals surface area contributed by atoms with Gasteiger partial charge in [0, 0.05) is 11.0 Å². The summed E-state index contributed by atoms with van der Waals surface area (Å²) < 4.78 is 15.9. The maximum absolute atomic E-state index is 13.6. The van der Waals surface area contributed by atoms with Gasteiger partial charge in [-0.15, -0.1) is 0 Å². The SMILES string of the molecule is C[C@H](N)c1nc2cccc(CI)c2c(=O)n1N1CCc2cc(F)ccc21. The summed E-state index contributed by atoms with van der Waals surface area (Å²) in [6.45, 7) is 2.39. The average molecular weight is 464 g/mol. The fourth-order valence-corrected chi connectivity index (χ4v) is 4.14. The maximum Gasteiger partial charge on any atom is 0.280 e. The summed E-state index contributed by atoms with van der Waals surface area (Å²) in [6.07, 6.45) is 0.671. The smallest absolute Gasteiger partial charge is 0.280 e. The van der Waals surface area contributed by atoms with Gasteiger partial charge in [0.25, 0.3) is 5.56 Å². The van der Waals surface area contributed by atoms with E-state index in [1.807, 2.05) is 30.1 Å². The largest absolute Gasteiger partial charge is 0.322 e. The molecule has 1 aromatic heterocycles. The molecule has 0 fully saturated rings. The molecule has 3 aromatic rings. The highest BCUT2D eigenvalue weighted by Gasteiger charge is 2.26. The van der Waals surface area contributed by atoms with Gasteiger partial charge < -0.3 is 5.73 Å². The van der Waals surface area contributed by atoms with Crippen LogP contribution < -0.4 is 16.3 Å². The molecule has 1 aliphatic rings. The fourth-order valence-electron chi connectivity index (χ4n) is 3.51. The Labute approximate surface area is 163 Å². The molecule has 0 amide bonds. The van der Waals surface area contributed by atoms with E-state index in [1.165, 1.54) is 12.1 Å². The van der Waals surface area contributed by atoms with Crippen molar-refractivity contribution >= 4 is 39.2 Å². The Balaban J connectivity index is 2.02. The lowest BCUT2D eigenvalue weighted by molar-refractivity contribution is 0.593. The molecule has 7 heteroatoms. The summed E-state index contributed by atoms with van der Waals surface area (Å²) in [6, 6.07) is 9.93. The quantitative estimate of drug-likeness (QED) is 0.478. The first-order valence-electron chi connectivity index (χ1n) is 8.43. The van der Waals surface area contributed by atoms with Gasteiger partial charge in [-0.2, -0.15) is 0 Å². The number of nitrogens with zero attached hydrogens (tertiary/aromatic N) is 3. The molecule has 1 aliphatic heterocycles. The predicted molar refractivity (Wildman–Crippen MR) is 109 cm³/mol. The van der Waals surface area contributed by atoms with Crippen LogP contribution in [0.3, 0.4) is 0 Å². The van der Waals surface area contributed by atoms with Crippen molar-refractivity contribution in [1.82, 2.24) is 9.66 Å². The van der Waals surface area contributed by atoms with E-state index < -0.39 is 6.04 Å². The van der Waals surface area contributed by atoms with Crippen LogP contribution in [0.5, 0.6) is 0 Å². The van der Waals surface area contributed by atoms with Gasteiger partial charge in [-0.25, -0.2) is 14.1 Å². The van der Waals surface area contributed by atoms with Crippen LogP contribution in [0.4, 0.5) is 10.1 Å². The van der Waals surface area contributed by atoms with Gasteiger partial charge in [0.05, 0.1) is 22.6 Å². The molecule has 4 rings (SSSR count). The van der Waals surface area contributed by atoms with Gasteiger partial charge in [0.1, 0.15) is 11.6 Å². The third kappa shape index (κ3) is 2.69. The van der Waals surface area contributed by atoms with E-state index in [-0.39, 0.29) is 11.4 Å². The number of alkyl halides is 1. The molecule has 26 heavy (non-hydrogen) atoms. The van der Waals surface area contributed by atoms with E-state index in [1.54, 1.807) is 10.7 Å². The van der Waals surface area contributed by atoms with E-state index in [0.717, 1.165) is 16.8 Å². The van der Waals surface area contributed by atoms with Crippen molar-refractivity contribution in [3.05, 3.63) is 69.5 Å². The number of halogens is 2. The van der Waals surface area contributed by atoms with Crippen LogP contribution in [0.1, 0.15) is 29.9 Å². The molecular formula is C19H18FIN4O. The zero-order valence-corrected chi connectivity index (χ0v) is 16.4. The molecule has 2 aromatic carbocycles. The summed E-state index contributed by atoms with van der Waals surface area (Å²) in [5, 5.41) is 2.48. The molecule has 0 bridgehead atoms. The van der Waals surface area contributed by atoms with E-state index in [4.69, 9.17) is 10.7 Å². The number of fused-ring (bicyclic) bond motifs is 2. The van der Waals surface area contributed by atoms with Crippen molar-refractivity contribution in [2.45, 2.75) is 23.8 Å². The molecule has 2 N–H and O–H groups in total. The second-order valence-electron chi connectivity index (χ2n) is 6.47. The van der Waals surface area contributed by atoms with E-state index >= 15 is 0 Å². The average Bonchev–Trinajstić information content (AvgIpc) is 3.03. The minimum atomic E-state index is -0.417. The van der Waals surface area contributed by atoms with E-state index in [2.05, 4.69) is 22.6 Å². The lowest BCUT2D eigenvalue weighted by atomic mass is 10.1. The number of hydrogen-bond donors (Lipinski definition) is 1. The highest BCUT2D eigenvalue weighted by molar-refractivity contribution is 14.1. The van der Waals surface area contributed by atoms with Crippen LogP contribution in [-0.2, 0) is 10.8 Å². The highest BCUT2D eigenvalue weighted by atomic mass is 127. The Bertz CT molecular complexity index is 1060. The van der Waals surface area contributed by atoms with Gasteiger partial charge in [-0.1, -0.05) is 34.7 Å². The molecule has 1 atom stereocenters. The van der Waals surface area contributed by atoms with Crippen LogP contribution in [0, 0.1) is 5.82 Å². The summed E-state index contributed by atoms with van der Waals surface area (Å²) in [5.74, 6) is 0.236. The maximum atomic E-state index is 13.6. The number of anilines is 1. The molecule has 0 spiro atoms. The summed E-state index contributed by atoms with van der Waals surface area (Å²) in [5.41, 5.74) is 9.33. The summed E-state index contributed by atoms with van der Waals surface area (Å²) >= 11 is 2.25. The van der Waals surface area contributed by atoms with Crippen molar-refractivity contribution in [1.29, 1.82) is 0 Å². The van der Waals surface area contributed by atoms with Crippen LogP contribution >= 0.6 is 22.6 Å². The van der Waals surface area contributed by atoms with Crippen molar-refractivity contribution in [3.8, 4) is 0 Å². The topological polar surface area (TPSA) is 64.1 Å². The first-order valence-corrected chi connectivity index (χ1v) is 9.96. The van der Waals surface area contributed by atoms with Crippen LogP contribution in [0.15, 0.2) is 41.2 Å². The second kappa shape index (κ2) is 6.62. The normalized spacial score (nSPS) is 14.7. The number of nitrogens with two attached hydrogens (primary N) is 1. The van der Waals surface area contributed by atoms with Crippen LogP contribution in [0.25, 0.3) is 10.9 Å². The minimum absolute atomic E-state index is 0.133. The predicted octanol–water partition coefficient (Wildman–Crippen LogP) is 3.32. The number of hydrogen-bond acceptors (Lipinski definition) is 4. The first kappa shape index (κ1) is 17.4. The lowest BCUT2D eigenvalue weighted by Crippen LogP contribution is -2.42. The molecule has 5 nitrogen and oxygen atoms in total. The number of rotatable bonds is 3. The highest BCUT2D eigenvalue weighted by Crippen LogP contribution is 2.30. The van der Waals surface area contributed by atoms with Gasteiger partial charge in [-0.05, 0) is 48.7 Å². The third-order valence-electron chi connectivity index (χ3n) is 4.69. The zero-order chi connectivity index (χ0) is 18.4. The van der Waals surface area contributed by atoms with Crippen molar-refractivity contribution in [2.24, 2.45) is 5.73 Å². The van der Waals surface area contributed by atoms with Gasteiger partial charge >= 0.3 is 0 Å². The molecule has 0 saturated heterocycles. The molecule has 0 radical (unpaired) electrons. The Morgan fingerprint density at radius 1 is 1.35 bits per heavy atom. The van der Waals surface area contributed by atoms with Gasteiger partial charge in [0.2, 0.25) is 0 Å². The lowest BCUT2D eigenvalue weighted by Gasteiger charge is -2.26. The standard InChI is InChI=1S/C19H18FIN4O/c1-11(22)18-23-15-4-2-3-13(10-21)17(15)19(26)25(18)24-8-7-12-9-14(20)5-6-16(12)24/h2-6,9,11H,7-8,10,22H2,1H3/t11-/m0/s1. The number of aromatic nitrogens is 2. The van der Waals surface area contributed by atoms with Crippen LogP contribution in [0.2, 0.25) is 0 Å². The minimum Gasteiger partial charge on any atom is -0.322 e. The first-order chi connectivity index (χ1) is 12.5. The Morgan fingerprint density at radius 3 is 2.88 bits per heavy atom. The van der Waals surface area contributed by atoms with Crippen molar-refractivity contribution in [3.63, 3.8) is 0 Å². The molecule has 0 saturated carbocycles. The van der Waals surface area contributed by atoms with Gasteiger partial charge in [0.15, 0.2) is 0 Å². The second-order valence-corrected chi connectivity index (χ2v) is 7.23. The van der Waals surface area contributed by atoms with E-state index in [9.17, 15) is 9.18 Å². The third-order valence-corrected chi connectivity index (χ3v) is 5.51. The zero-order valence-electron chi connectivity index (χ0n) is 14.2. The molecular weight excluding hydrogens is 446 g/mol. The Kier molecular flexibility index (Phi) is 4.44. The van der Waals surface area contributed by atoms with Crippen molar-refractivity contribution < 1.29 is 4.39 Å². The summed E-state index contributed by atoms with van der Waals surface area (Å²) in [7, 11) is 0. The van der Waals surface area contributed by atoms with Crippen LogP contribution in [-0.4, -0.2) is 16.2 Å². The molecule has 134 valence electrons. The van der Waals surface area contributed by atoms with E-state index in [0.29, 0.717) is 34.1 Å². The molecule has 0 aliphatic carbocycles. The fraction of sp³-hybridized carbons (Fsp3) is 0.263. The Morgan fingerprint density at radius 2 is 2.15 bits per heavy atom.